The number of nitrogens with zero attached hydrogens (tertiary/aromatic N) is 3. The van der Waals surface area contributed by atoms with Crippen molar-refractivity contribution in [2.24, 2.45) is 5.92 Å². The standard InChI is InChI=1S/C12H16FN3/c1-15-6-5-9-7-16(8-10(9)15)12-4-2-3-11(13)14-12/h2-4,9-10H,5-8H2,1H3. The van der Waals surface area contributed by atoms with Crippen molar-refractivity contribution in [1.29, 1.82) is 0 Å². The van der Waals surface area contributed by atoms with Crippen LogP contribution in [0.1, 0.15) is 6.42 Å². The van der Waals surface area contributed by atoms with Crippen molar-refractivity contribution >= 4 is 5.82 Å². The number of anilines is 1. The Bertz CT molecular complexity index is 396. The van der Waals surface area contributed by atoms with Crippen molar-refractivity contribution in [1.82, 2.24) is 9.88 Å². The molecule has 0 saturated carbocycles. The molecular weight excluding hydrogens is 205 g/mol. The van der Waals surface area contributed by atoms with Gasteiger partial charge in [0.2, 0.25) is 5.95 Å². The highest BCUT2D eigenvalue weighted by Crippen LogP contribution is 2.32. The fourth-order valence-corrected chi connectivity index (χ4v) is 2.93. The van der Waals surface area contributed by atoms with Crippen molar-refractivity contribution in [3.05, 3.63) is 24.1 Å². The number of halogens is 1. The van der Waals surface area contributed by atoms with Crippen molar-refractivity contribution in [2.75, 3.05) is 31.6 Å². The summed E-state index contributed by atoms with van der Waals surface area (Å²) in [5.74, 6) is 1.13. The minimum atomic E-state index is -0.386. The first-order valence-electron chi connectivity index (χ1n) is 5.82. The van der Waals surface area contributed by atoms with Gasteiger partial charge in [-0.2, -0.15) is 4.39 Å². The number of pyridine rings is 1. The number of hydrogen-bond acceptors (Lipinski definition) is 3. The molecule has 1 aromatic heterocycles. The van der Waals surface area contributed by atoms with E-state index in [0.29, 0.717) is 6.04 Å². The average Bonchev–Trinajstić information content (AvgIpc) is 2.81. The number of likely N-dealkylation sites (tertiary alicyclic amines) is 1. The molecule has 2 atom stereocenters. The lowest BCUT2D eigenvalue weighted by Gasteiger charge is -2.21. The van der Waals surface area contributed by atoms with Crippen LogP contribution in [0.2, 0.25) is 0 Å². The predicted octanol–water partition coefficient (Wildman–Crippen LogP) is 1.36. The van der Waals surface area contributed by atoms with Crippen LogP contribution in [0.15, 0.2) is 18.2 Å². The highest BCUT2D eigenvalue weighted by atomic mass is 19.1. The fraction of sp³-hybridized carbons (Fsp3) is 0.583. The molecule has 0 aliphatic carbocycles. The van der Waals surface area contributed by atoms with E-state index < -0.39 is 0 Å². The van der Waals surface area contributed by atoms with Crippen LogP contribution in [-0.2, 0) is 0 Å². The SMILES string of the molecule is CN1CCC2CN(c3cccc(F)n3)CC21. The lowest BCUT2D eigenvalue weighted by molar-refractivity contribution is 0.310. The number of likely N-dealkylation sites (N-methyl/N-ethyl adjacent to an activating group) is 1. The zero-order valence-electron chi connectivity index (χ0n) is 9.43. The summed E-state index contributed by atoms with van der Waals surface area (Å²) in [6, 6.07) is 5.65. The van der Waals surface area contributed by atoms with Gasteiger partial charge in [-0.05, 0) is 38.1 Å². The highest BCUT2D eigenvalue weighted by molar-refractivity contribution is 5.40. The molecule has 0 radical (unpaired) electrons. The largest absolute Gasteiger partial charge is 0.355 e. The Labute approximate surface area is 94.9 Å². The number of hydrogen-bond donors (Lipinski definition) is 0. The van der Waals surface area contributed by atoms with E-state index in [9.17, 15) is 4.39 Å². The van der Waals surface area contributed by atoms with E-state index in [1.807, 2.05) is 6.07 Å². The van der Waals surface area contributed by atoms with Gasteiger partial charge in [0, 0.05) is 19.1 Å². The van der Waals surface area contributed by atoms with Gasteiger partial charge in [-0.1, -0.05) is 6.07 Å². The molecule has 0 N–H and O–H groups in total. The first kappa shape index (κ1) is 10.0. The van der Waals surface area contributed by atoms with E-state index >= 15 is 0 Å². The van der Waals surface area contributed by atoms with Gasteiger partial charge in [-0.3, -0.25) is 0 Å². The molecule has 2 aliphatic rings. The van der Waals surface area contributed by atoms with E-state index in [1.54, 1.807) is 6.07 Å². The van der Waals surface area contributed by atoms with Crippen LogP contribution >= 0.6 is 0 Å². The molecule has 1 aromatic rings. The Morgan fingerprint density at radius 2 is 2.25 bits per heavy atom. The summed E-state index contributed by atoms with van der Waals surface area (Å²) in [6.45, 7) is 3.20. The van der Waals surface area contributed by atoms with Gasteiger partial charge in [-0.25, -0.2) is 4.98 Å². The third-order valence-corrected chi connectivity index (χ3v) is 3.85. The maximum atomic E-state index is 13.0. The Kier molecular flexibility index (Phi) is 2.32. The summed E-state index contributed by atoms with van der Waals surface area (Å²) in [5, 5.41) is 0. The summed E-state index contributed by atoms with van der Waals surface area (Å²) in [6.07, 6.45) is 1.26. The first-order chi connectivity index (χ1) is 7.74. The molecule has 0 bridgehead atoms. The van der Waals surface area contributed by atoms with Crippen LogP contribution in [0.4, 0.5) is 10.2 Å². The molecule has 3 heterocycles. The minimum absolute atomic E-state index is 0.386. The number of aromatic nitrogens is 1. The quantitative estimate of drug-likeness (QED) is 0.667. The van der Waals surface area contributed by atoms with E-state index in [0.717, 1.165) is 24.8 Å². The van der Waals surface area contributed by atoms with Crippen LogP contribution < -0.4 is 4.90 Å². The Hall–Kier alpha value is -1.16. The zero-order chi connectivity index (χ0) is 11.1. The predicted molar refractivity (Wildman–Crippen MR) is 60.9 cm³/mol. The van der Waals surface area contributed by atoms with Gasteiger partial charge in [0.15, 0.2) is 0 Å². The summed E-state index contributed by atoms with van der Waals surface area (Å²) in [5.41, 5.74) is 0. The Morgan fingerprint density at radius 3 is 3.00 bits per heavy atom. The third kappa shape index (κ3) is 1.57. The van der Waals surface area contributed by atoms with Crippen LogP contribution in [-0.4, -0.2) is 42.6 Å². The van der Waals surface area contributed by atoms with Gasteiger partial charge in [0.25, 0.3) is 0 Å². The second kappa shape index (κ2) is 3.70. The highest BCUT2D eigenvalue weighted by Gasteiger charge is 2.39. The molecule has 0 spiro atoms. The van der Waals surface area contributed by atoms with Crippen molar-refractivity contribution in [2.45, 2.75) is 12.5 Å². The van der Waals surface area contributed by atoms with E-state index in [2.05, 4.69) is 21.8 Å². The van der Waals surface area contributed by atoms with Gasteiger partial charge >= 0.3 is 0 Å². The topological polar surface area (TPSA) is 19.4 Å². The molecule has 2 saturated heterocycles. The molecule has 4 heteroatoms. The van der Waals surface area contributed by atoms with Crippen LogP contribution in [0.5, 0.6) is 0 Å². The van der Waals surface area contributed by atoms with Crippen LogP contribution in [0.25, 0.3) is 0 Å². The molecule has 0 aromatic carbocycles. The second-order valence-corrected chi connectivity index (χ2v) is 4.82. The Balaban J connectivity index is 1.79. The minimum Gasteiger partial charge on any atom is -0.355 e. The molecule has 2 fully saturated rings. The Morgan fingerprint density at radius 1 is 1.38 bits per heavy atom. The molecule has 3 rings (SSSR count). The average molecular weight is 221 g/mol. The van der Waals surface area contributed by atoms with Crippen molar-refractivity contribution in [3.63, 3.8) is 0 Å². The maximum Gasteiger partial charge on any atom is 0.214 e. The van der Waals surface area contributed by atoms with Crippen molar-refractivity contribution in [3.8, 4) is 0 Å². The molecule has 2 unspecified atom stereocenters. The fourth-order valence-electron chi connectivity index (χ4n) is 2.93. The van der Waals surface area contributed by atoms with Gasteiger partial charge in [0.05, 0.1) is 0 Å². The molecular formula is C12H16FN3. The molecule has 86 valence electrons. The van der Waals surface area contributed by atoms with E-state index in [-0.39, 0.29) is 5.95 Å². The van der Waals surface area contributed by atoms with Gasteiger partial charge in [-0.15, -0.1) is 0 Å². The summed E-state index contributed by atoms with van der Waals surface area (Å²) in [4.78, 5) is 8.56. The van der Waals surface area contributed by atoms with Gasteiger partial charge < -0.3 is 9.80 Å². The maximum absolute atomic E-state index is 13.0. The van der Waals surface area contributed by atoms with E-state index in [1.165, 1.54) is 19.0 Å². The lowest BCUT2D eigenvalue weighted by atomic mass is 10.1. The first-order valence-corrected chi connectivity index (χ1v) is 5.82. The monoisotopic (exact) mass is 221 g/mol. The summed E-state index contributed by atoms with van der Waals surface area (Å²) < 4.78 is 13.0. The molecule has 3 nitrogen and oxygen atoms in total. The second-order valence-electron chi connectivity index (χ2n) is 4.82. The summed E-state index contributed by atoms with van der Waals surface area (Å²) in [7, 11) is 2.17. The number of rotatable bonds is 1. The molecule has 16 heavy (non-hydrogen) atoms. The van der Waals surface area contributed by atoms with Crippen LogP contribution in [0.3, 0.4) is 0 Å². The lowest BCUT2D eigenvalue weighted by Crippen LogP contribution is -2.32. The van der Waals surface area contributed by atoms with E-state index in [4.69, 9.17) is 0 Å². The van der Waals surface area contributed by atoms with Crippen LogP contribution in [0, 0.1) is 11.9 Å². The smallest absolute Gasteiger partial charge is 0.214 e. The summed E-state index contributed by atoms with van der Waals surface area (Å²) >= 11 is 0. The third-order valence-electron chi connectivity index (χ3n) is 3.85. The molecule has 0 amide bonds. The normalized spacial score (nSPS) is 29.8. The molecule has 2 aliphatic heterocycles. The van der Waals surface area contributed by atoms with Gasteiger partial charge in [0.1, 0.15) is 5.82 Å². The zero-order valence-corrected chi connectivity index (χ0v) is 9.43. The number of fused-ring (bicyclic) bond motifs is 1. The van der Waals surface area contributed by atoms with Crippen molar-refractivity contribution < 1.29 is 4.39 Å².